The Morgan fingerprint density at radius 3 is 1.51 bits per heavy atom. The van der Waals surface area contributed by atoms with Gasteiger partial charge in [0, 0.05) is 86.0 Å². The van der Waals surface area contributed by atoms with Gasteiger partial charge in [-0.05, 0) is 171 Å². The molecule has 12 nitrogen and oxygen atoms in total. The predicted molar refractivity (Wildman–Crippen MR) is 359 cm³/mol. The first-order chi connectivity index (χ1) is 43.1. The molecule has 0 atom stereocenters. The number of fused-ring (bicyclic) bond motifs is 4. The summed E-state index contributed by atoms with van der Waals surface area (Å²) >= 11 is 0. The number of carbonyl (C=O) groups excluding carboxylic acids is 2. The standard InChI is InChI=1S/C76H91N8O4/c1-7-63-55(3)67-51-68-57(5)65(27-29-75(85)87-49-25-21-17-13-9-11-15-19-23-43-83-45-35-61(36-46-83)59-31-39-77-40-32-59)73(81-68)54-74-66(58(6)70(82-74)53-72-64(8-2)56(4)69(80-72)52-71(63)79-67)28-30-76(86)88-50-26-22-18-14-10-12-16-20-24-44-84-47-37-62(38-48-84)60-33-41-78-42-34-60/h7-8,31-42,45-48,51-54,78H,1-2,9-30,43-44,49-50H2,3-6H3/q+1/p+1. The van der Waals surface area contributed by atoms with Crippen LogP contribution in [0.5, 0.6) is 0 Å². The second-order valence-corrected chi connectivity index (χ2v) is 23.8. The zero-order valence-corrected chi connectivity index (χ0v) is 52.8. The monoisotopic (exact) mass is 1180 g/mol. The number of H-pyrrole nitrogens is 1. The van der Waals surface area contributed by atoms with Gasteiger partial charge in [-0.1, -0.05) is 109 Å². The Morgan fingerprint density at radius 1 is 0.511 bits per heavy atom. The van der Waals surface area contributed by atoms with Gasteiger partial charge in [-0.2, -0.15) is 0 Å². The number of esters is 2. The van der Waals surface area contributed by atoms with Crippen molar-refractivity contribution in [3.05, 3.63) is 226 Å². The first-order valence-electron chi connectivity index (χ1n) is 32.6. The minimum atomic E-state index is -0.214. The number of aliphatic imine (C=N–C) groups is 4. The van der Waals surface area contributed by atoms with E-state index in [1.165, 1.54) is 99.3 Å². The average molecular weight is 1180 g/mol. The second-order valence-electron chi connectivity index (χ2n) is 23.8. The largest absolute Gasteiger partial charge is 0.466 e. The van der Waals surface area contributed by atoms with Crippen LogP contribution in [-0.2, 0) is 25.6 Å². The molecule has 0 aliphatic carbocycles. The summed E-state index contributed by atoms with van der Waals surface area (Å²) in [6.07, 6.45) is 59.2. The van der Waals surface area contributed by atoms with E-state index >= 15 is 0 Å². The van der Waals surface area contributed by atoms with Crippen molar-refractivity contribution in [2.45, 2.75) is 175 Å². The first-order valence-corrected chi connectivity index (χ1v) is 32.6. The van der Waals surface area contributed by atoms with Gasteiger partial charge in [0.15, 0.2) is 24.8 Å². The number of carbonyl (C=O) groups is 2. The van der Waals surface area contributed by atoms with Crippen molar-refractivity contribution in [1.29, 1.82) is 0 Å². The van der Waals surface area contributed by atoms with Crippen LogP contribution in [0, 0.1) is 0 Å². The molecule has 0 saturated heterocycles. The molecule has 0 fully saturated rings. The maximum absolute atomic E-state index is 13.4. The quantitative estimate of drug-likeness (QED) is 0.0430. The van der Waals surface area contributed by atoms with Gasteiger partial charge in [0.05, 0.1) is 58.8 Å². The molecule has 2 aromatic heterocycles. The lowest BCUT2D eigenvalue weighted by atomic mass is 9.96. The maximum Gasteiger partial charge on any atom is 0.306 e. The zero-order valence-electron chi connectivity index (χ0n) is 52.8. The number of dihydropyridines is 1. The topological polar surface area (TPSA) is 135 Å². The lowest BCUT2D eigenvalue weighted by molar-refractivity contribution is -0.697. The van der Waals surface area contributed by atoms with Crippen LogP contribution in [0.25, 0.3) is 11.1 Å². The number of nitrogens with one attached hydrogen (secondary N) is 2. The summed E-state index contributed by atoms with van der Waals surface area (Å²) in [5, 5.41) is 3.09. The van der Waals surface area contributed by atoms with E-state index in [4.69, 9.17) is 29.4 Å². The Hall–Kier alpha value is -8.38. The highest BCUT2D eigenvalue weighted by Gasteiger charge is 2.29. The molecule has 7 aliphatic rings. The third-order valence-corrected chi connectivity index (χ3v) is 17.6. The van der Waals surface area contributed by atoms with Crippen molar-refractivity contribution in [2.24, 2.45) is 20.0 Å². The van der Waals surface area contributed by atoms with E-state index in [9.17, 15) is 9.59 Å². The molecule has 2 aromatic rings. The van der Waals surface area contributed by atoms with Crippen molar-refractivity contribution in [3.8, 4) is 11.1 Å². The summed E-state index contributed by atoms with van der Waals surface area (Å²) in [4.78, 5) is 53.0. The van der Waals surface area contributed by atoms with E-state index in [1.54, 1.807) is 0 Å². The highest BCUT2D eigenvalue weighted by molar-refractivity contribution is 6.20. The lowest BCUT2D eigenvalue weighted by Crippen LogP contribution is -2.32. The van der Waals surface area contributed by atoms with Gasteiger partial charge in [-0.15, -0.1) is 0 Å². The molecule has 12 heteroatoms. The smallest absolute Gasteiger partial charge is 0.306 e. The fourth-order valence-corrected chi connectivity index (χ4v) is 12.1. The molecule has 458 valence electrons. The highest BCUT2D eigenvalue weighted by Crippen LogP contribution is 2.38. The van der Waals surface area contributed by atoms with Crippen molar-refractivity contribution in [2.75, 3.05) is 19.8 Å². The number of aromatic amines is 1. The minimum absolute atomic E-state index is 0.213. The van der Waals surface area contributed by atoms with Crippen LogP contribution >= 0.6 is 0 Å². The first kappa shape index (κ1) is 64.1. The van der Waals surface area contributed by atoms with Crippen LogP contribution in [0.15, 0.2) is 246 Å². The molecule has 9 heterocycles. The van der Waals surface area contributed by atoms with Crippen molar-refractivity contribution in [1.82, 2.24) is 10.2 Å². The van der Waals surface area contributed by atoms with Gasteiger partial charge < -0.3 is 19.7 Å². The Kier molecular flexibility index (Phi) is 24.1. The molecule has 8 bridgehead atoms. The minimum Gasteiger partial charge on any atom is -0.466 e. The molecule has 88 heavy (non-hydrogen) atoms. The molecule has 0 spiro atoms. The van der Waals surface area contributed by atoms with Gasteiger partial charge in [0.1, 0.15) is 6.54 Å². The van der Waals surface area contributed by atoms with E-state index in [1.807, 2.05) is 61.2 Å². The Bertz CT molecular complexity index is 3450. The molecule has 9 rings (SSSR count). The van der Waals surface area contributed by atoms with Crippen molar-refractivity contribution >= 4 is 34.8 Å². The predicted octanol–water partition coefficient (Wildman–Crippen LogP) is 16.4. The van der Waals surface area contributed by atoms with Crippen molar-refractivity contribution in [3.63, 3.8) is 0 Å². The van der Waals surface area contributed by atoms with Gasteiger partial charge in [-0.3, -0.25) is 9.59 Å². The SMILES string of the molecule is C=CC1=C(C)C2=NC1=CC1=NC(=CC3=NC(=CC4=NC(=C2)C(C)=C4CCC(=O)OCCCCCCCCCCC[n+]2ccc(-c4cc[nH+]cc4)cc2)C(CCC(=O)OCCCCCCCCCCCN2C=CC(=C4C=CNC=C4)C=C2)=C3C)C(C=C)=C1C. The summed E-state index contributed by atoms with van der Waals surface area (Å²) < 4.78 is 14.0. The molecule has 2 N–H and O–H groups in total. The van der Waals surface area contributed by atoms with Crippen LogP contribution < -0.4 is 14.9 Å². The van der Waals surface area contributed by atoms with Crippen LogP contribution in [0.2, 0.25) is 0 Å². The Labute approximate surface area is 523 Å². The number of aromatic nitrogens is 2. The number of unbranched alkanes of at least 4 members (excludes halogenated alkanes) is 16. The van der Waals surface area contributed by atoms with Crippen molar-refractivity contribution < 1.29 is 28.6 Å². The second kappa shape index (κ2) is 33.1. The van der Waals surface area contributed by atoms with Gasteiger partial charge in [-0.25, -0.2) is 29.5 Å². The van der Waals surface area contributed by atoms with Gasteiger partial charge >= 0.3 is 11.9 Å². The summed E-state index contributed by atoms with van der Waals surface area (Å²) in [6.45, 7) is 19.5. The molecule has 0 amide bonds. The van der Waals surface area contributed by atoms with E-state index in [2.05, 4.69) is 134 Å². The molecule has 0 aromatic carbocycles. The summed E-state index contributed by atoms with van der Waals surface area (Å²) in [6, 6.07) is 8.58. The summed E-state index contributed by atoms with van der Waals surface area (Å²) in [5.41, 5.74) is 18.8. The maximum atomic E-state index is 13.4. The number of pyridine rings is 2. The number of aryl methyl sites for hydroxylation is 1. The lowest BCUT2D eigenvalue weighted by Gasteiger charge is -2.19. The number of nitrogens with zero attached hydrogens (tertiary/aromatic N) is 6. The van der Waals surface area contributed by atoms with Crippen LogP contribution in [-0.4, -0.2) is 59.4 Å². The third kappa shape index (κ3) is 17.9. The summed E-state index contributed by atoms with van der Waals surface area (Å²) in [5.74, 6) is -0.427. The normalized spacial score (nSPS) is 16.8. The highest BCUT2D eigenvalue weighted by atomic mass is 16.5. The van der Waals surface area contributed by atoms with Crippen LogP contribution in [0.3, 0.4) is 0 Å². The fraction of sp³-hybridized carbons (Fsp3) is 0.395. The Balaban J connectivity index is 0.735. The Morgan fingerprint density at radius 2 is 0.955 bits per heavy atom. The molecule has 0 saturated carbocycles. The number of hydrogen-bond acceptors (Lipinski definition) is 10. The average Bonchev–Trinajstić information content (AvgIpc) is 3.14. The van der Waals surface area contributed by atoms with E-state index in [-0.39, 0.29) is 24.8 Å². The molecular formula is C76H92N8O4+2. The fourth-order valence-electron chi connectivity index (χ4n) is 12.1. The van der Waals surface area contributed by atoms with E-state index in [0.29, 0.717) is 26.1 Å². The van der Waals surface area contributed by atoms with Crippen LogP contribution in [0.4, 0.5) is 0 Å². The number of rotatable bonds is 33. The van der Waals surface area contributed by atoms with Crippen LogP contribution in [0.1, 0.15) is 169 Å². The number of ether oxygens (including phenoxy) is 2. The summed E-state index contributed by atoms with van der Waals surface area (Å²) in [7, 11) is 0. The van der Waals surface area contributed by atoms with E-state index in [0.717, 1.165) is 142 Å². The molecular weight excluding hydrogens is 1090 g/mol. The van der Waals surface area contributed by atoms with Gasteiger partial charge in [0.25, 0.3) is 0 Å². The van der Waals surface area contributed by atoms with E-state index < -0.39 is 0 Å². The third-order valence-electron chi connectivity index (χ3n) is 17.6. The molecule has 7 aliphatic heterocycles. The van der Waals surface area contributed by atoms with Gasteiger partial charge in [0.2, 0.25) is 0 Å². The number of hydrogen-bond donors (Lipinski definition) is 1. The molecule has 0 unspecified atom stereocenters. The number of allylic oxidation sites excluding steroid dienone is 18. The zero-order chi connectivity index (χ0) is 61.5. The molecule has 0 radical (unpaired) electrons.